The second-order valence-corrected chi connectivity index (χ2v) is 3.91. The zero-order valence-corrected chi connectivity index (χ0v) is 7.43. The van der Waals surface area contributed by atoms with Gasteiger partial charge in [-0.15, -0.1) is 0 Å². The van der Waals surface area contributed by atoms with E-state index in [2.05, 4.69) is 26.0 Å². The summed E-state index contributed by atoms with van der Waals surface area (Å²) in [5.41, 5.74) is 3.33. The molecule has 0 amide bonds. The van der Waals surface area contributed by atoms with Crippen LogP contribution in [0.15, 0.2) is 23.3 Å². The summed E-state index contributed by atoms with van der Waals surface area (Å²) in [6.07, 6.45) is 8.85. The largest absolute Gasteiger partial charge is 0.0884 e. The summed E-state index contributed by atoms with van der Waals surface area (Å²) in [6, 6.07) is 0. The Morgan fingerprint density at radius 1 is 1.55 bits per heavy atom. The first kappa shape index (κ1) is 7.15. The van der Waals surface area contributed by atoms with E-state index in [1.54, 1.807) is 11.1 Å². The summed E-state index contributed by atoms with van der Waals surface area (Å²) in [6.45, 7) is 4.45. The van der Waals surface area contributed by atoms with Crippen LogP contribution in [-0.4, -0.2) is 0 Å². The predicted molar refractivity (Wildman–Crippen MR) is 48.3 cm³/mol. The zero-order valence-electron chi connectivity index (χ0n) is 7.43. The van der Waals surface area contributed by atoms with E-state index < -0.39 is 0 Å². The van der Waals surface area contributed by atoms with Crippen LogP contribution in [0.5, 0.6) is 0 Å². The number of hydrogen-bond donors (Lipinski definition) is 0. The van der Waals surface area contributed by atoms with E-state index in [1.807, 2.05) is 0 Å². The van der Waals surface area contributed by atoms with Gasteiger partial charge in [0.2, 0.25) is 0 Å². The normalized spacial score (nSPS) is 36.2. The first-order chi connectivity index (χ1) is 5.31. The van der Waals surface area contributed by atoms with Crippen molar-refractivity contribution in [1.82, 2.24) is 0 Å². The Balaban J connectivity index is 2.15. The van der Waals surface area contributed by atoms with Gasteiger partial charge in [0, 0.05) is 0 Å². The van der Waals surface area contributed by atoms with Gasteiger partial charge in [-0.3, -0.25) is 0 Å². The third-order valence-corrected chi connectivity index (χ3v) is 3.32. The van der Waals surface area contributed by atoms with Gasteiger partial charge in [-0.2, -0.15) is 0 Å². The minimum Gasteiger partial charge on any atom is -0.0884 e. The number of allylic oxidation sites excluding steroid dienone is 4. The molecule has 0 heterocycles. The highest BCUT2D eigenvalue weighted by molar-refractivity contribution is 5.24. The molecular formula is C11H16. The molecular weight excluding hydrogens is 132 g/mol. The molecule has 2 aliphatic carbocycles. The fourth-order valence-electron chi connectivity index (χ4n) is 2.49. The molecule has 0 aromatic rings. The molecule has 2 unspecified atom stereocenters. The molecule has 60 valence electrons. The second-order valence-electron chi connectivity index (χ2n) is 3.91. The minimum absolute atomic E-state index is 0.903. The van der Waals surface area contributed by atoms with Crippen LogP contribution in [-0.2, 0) is 0 Å². The van der Waals surface area contributed by atoms with Crippen LogP contribution in [0.25, 0.3) is 0 Å². The molecule has 0 nitrogen and oxygen atoms in total. The van der Waals surface area contributed by atoms with Gasteiger partial charge in [-0.25, -0.2) is 0 Å². The molecule has 0 spiro atoms. The van der Waals surface area contributed by atoms with E-state index in [0.29, 0.717) is 0 Å². The van der Waals surface area contributed by atoms with Crippen LogP contribution in [0.1, 0.15) is 33.1 Å². The molecule has 0 aromatic carbocycles. The van der Waals surface area contributed by atoms with Crippen molar-refractivity contribution in [2.45, 2.75) is 33.1 Å². The van der Waals surface area contributed by atoms with Gasteiger partial charge >= 0.3 is 0 Å². The van der Waals surface area contributed by atoms with Crippen LogP contribution < -0.4 is 0 Å². The average Bonchev–Trinajstić information content (AvgIpc) is 2.62. The zero-order chi connectivity index (χ0) is 7.84. The lowest BCUT2D eigenvalue weighted by Gasteiger charge is -2.19. The van der Waals surface area contributed by atoms with Crippen molar-refractivity contribution < 1.29 is 0 Å². The van der Waals surface area contributed by atoms with Crippen LogP contribution in [0.2, 0.25) is 0 Å². The lowest BCUT2D eigenvalue weighted by Crippen LogP contribution is -2.08. The highest BCUT2D eigenvalue weighted by Crippen LogP contribution is 2.46. The van der Waals surface area contributed by atoms with Crippen molar-refractivity contribution in [3.63, 3.8) is 0 Å². The quantitative estimate of drug-likeness (QED) is 0.500. The first-order valence-electron chi connectivity index (χ1n) is 4.62. The van der Waals surface area contributed by atoms with Crippen LogP contribution in [0, 0.1) is 11.8 Å². The van der Waals surface area contributed by atoms with E-state index in [4.69, 9.17) is 0 Å². The maximum Gasteiger partial charge on any atom is -0.0134 e. The SMILES string of the molecule is CC=C(C)C1CC2=CCC1C2. The summed E-state index contributed by atoms with van der Waals surface area (Å²) < 4.78 is 0. The molecule has 2 atom stereocenters. The Morgan fingerprint density at radius 2 is 2.36 bits per heavy atom. The summed E-state index contributed by atoms with van der Waals surface area (Å²) in [4.78, 5) is 0. The van der Waals surface area contributed by atoms with Gasteiger partial charge in [-0.1, -0.05) is 23.3 Å². The van der Waals surface area contributed by atoms with Crippen LogP contribution in [0.4, 0.5) is 0 Å². The fraction of sp³-hybridized carbons (Fsp3) is 0.636. The first-order valence-corrected chi connectivity index (χ1v) is 4.62. The molecule has 0 aliphatic heterocycles. The highest BCUT2D eigenvalue weighted by atomic mass is 14.4. The Morgan fingerprint density at radius 3 is 2.82 bits per heavy atom. The molecule has 0 heteroatoms. The Bertz CT molecular complexity index is 220. The molecule has 1 fully saturated rings. The van der Waals surface area contributed by atoms with Gasteiger partial charge in [0.25, 0.3) is 0 Å². The topological polar surface area (TPSA) is 0 Å². The van der Waals surface area contributed by atoms with E-state index in [-0.39, 0.29) is 0 Å². The molecule has 0 aromatic heterocycles. The smallest absolute Gasteiger partial charge is 0.0134 e. The standard InChI is InChI=1S/C11H16/c1-3-8(2)11-7-9-4-5-10(11)6-9/h3-4,10-11H,5-7H2,1-2H3. The van der Waals surface area contributed by atoms with Crippen molar-refractivity contribution in [3.8, 4) is 0 Å². The molecule has 0 radical (unpaired) electrons. The average molecular weight is 148 g/mol. The molecule has 0 N–H and O–H groups in total. The van der Waals surface area contributed by atoms with E-state index >= 15 is 0 Å². The lowest BCUT2D eigenvalue weighted by atomic mass is 9.86. The number of rotatable bonds is 1. The maximum atomic E-state index is 2.45. The molecule has 0 saturated heterocycles. The predicted octanol–water partition coefficient (Wildman–Crippen LogP) is 3.31. The summed E-state index contributed by atoms with van der Waals surface area (Å²) in [5.74, 6) is 1.88. The van der Waals surface area contributed by atoms with Gasteiger partial charge in [0.05, 0.1) is 0 Å². The lowest BCUT2D eigenvalue weighted by molar-refractivity contribution is 0.445. The molecule has 2 aliphatic rings. The van der Waals surface area contributed by atoms with Crippen molar-refractivity contribution >= 4 is 0 Å². The third-order valence-electron chi connectivity index (χ3n) is 3.32. The van der Waals surface area contributed by atoms with E-state index in [1.165, 1.54) is 19.3 Å². The van der Waals surface area contributed by atoms with E-state index in [9.17, 15) is 0 Å². The highest BCUT2D eigenvalue weighted by Gasteiger charge is 2.34. The minimum atomic E-state index is 0.903. The van der Waals surface area contributed by atoms with Crippen molar-refractivity contribution in [2.75, 3.05) is 0 Å². The maximum absolute atomic E-state index is 2.45. The second kappa shape index (κ2) is 2.51. The monoisotopic (exact) mass is 148 g/mol. The third kappa shape index (κ3) is 1.05. The van der Waals surface area contributed by atoms with E-state index in [0.717, 1.165) is 11.8 Å². The summed E-state index contributed by atoms with van der Waals surface area (Å²) in [7, 11) is 0. The van der Waals surface area contributed by atoms with Gasteiger partial charge in [0.15, 0.2) is 0 Å². The molecule has 2 rings (SSSR count). The molecule has 11 heavy (non-hydrogen) atoms. The van der Waals surface area contributed by atoms with Gasteiger partial charge in [-0.05, 0) is 44.9 Å². The van der Waals surface area contributed by atoms with Crippen LogP contribution >= 0.6 is 0 Å². The van der Waals surface area contributed by atoms with Gasteiger partial charge < -0.3 is 0 Å². The Labute approximate surface area is 69.0 Å². The molecule has 2 bridgehead atoms. The number of fused-ring (bicyclic) bond motifs is 2. The van der Waals surface area contributed by atoms with Crippen LogP contribution in [0.3, 0.4) is 0 Å². The van der Waals surface area contributed by atoms with Gasteiger partial charge in [0.1, 0.15) is 0 Å². The fourth-order valence-corrected chi connectivity index (χ4v) is 2.49. The van der Waals surface area contributed by atoms with Crippen molar-refractivity contribution in [2.24, 2.45) is 11.8 Å². The molecule has 1 saturated carbocycles. The number of hydrogen-bond acceptors (Lipinski definition) is 0. The Kier molecular flexibility index (Phi) is 1.63. The summed E-state index contributed by atoms with van der Waals surface area (Å²) >= 11 is 0. The van der Waals surface area contributed by atoms with Crippen molar-refractivity contribution in [1.29, 1.82) is 0 Å². The van der Waals surface area contributed by atoms with Crippen molar-refractivity contribution in [3.05, 3.63) is 23.3 Å². The summed E-state index contributed by atoms with van der Waals surface area (Å²) in [5, 5.41) is 0. The Hall–Kier alpha value is -0.520.